The fraction of sp³-hybridized carbons (Fsp3) is 0. The van der Waals surface area contributed by atoms with E-state index < -0.39 is 0 Å². The molecule has 2 aromatic carbocycles. The van der Waals surface area contributed by atoms with Crippen molar-refractivity contribution in [1.82, 2.24) is 4.98 Å². The van der Waals surface area contributed by atoms with Crippen LogP contribution >= 0.6 is 43.2 Å². The van der Waals surface area contributed by atoms with Crippen molar-refractivity contribution in [2.45, 2.75) is 0 Å². The topological polar surface area (TPSA) is 55.1 Å². The molecule has 0 spiro atoms. The zero-order valence-electron chi connectivity index (χ0n) is 12.6. The maximum Gasteiger partial charge on any atom is 0.293 e. The quantitative estimate of drug-likeness (QED) is 0.374. The molecule has 0 radical (unpaired) electrons. The Kier molecular flexibility index (Phi) is 4.45. The van der Waals surface area contributed by atoms with E-state index in [9.17, 15) is 4.79 Å². The number of furan rings is 1. The molecule has 7 heteroatoms. The number of rotatable bonds is 3. The van der Waals surface area contributed by atoms with Crippen LogP contribution in [0.25, 0.3) is 22.2 Å². The van der Waals surface area contributed by atoms with Gasteiger partial charge in [-0.1, -0.05) is 44.0 Å². The number of halogens is 2. The summed E-state index contributed by atoms with van der Waals surface area (Å²) in [6, 6.07) is 15.2. The number of hydrogen-bond donors (Lipinski definition) is 1. The van der Waals surface area contributed by atoms with Crippen LogP contribution in [-0.4, -0.2) is 10.9 Å². The Morgan fingerprint density at radius 2 is 1.80 bits per heavy atom. The minimum Gasteiger partial charge on any atom is -0.451 e. The van der Waals surface area contributed by atoms with Crippen LogP contribution in [0.4, 0.5) is 5.13 Å². The molecular weight excluding hydrogens is 468 g/mol. The highest BCUT2D eigenvalue weighted by molar-refractivity contribution is 9.10. The molecule has 0 aliphatic rings. The summed E-state index contributed by atoms with van der Waals surface area (Å²) in [5.41, 5.74) is 2.48. The van der Waals surface area contributed by atoms with Gasteiger partial charge in [0.2, 0.25) is 0 Å². The molecule has 25 heavy (non-hydrogen) atoms. The third-order valence-corrected chi connectivity index (χ3v) is 5.35. The van der Waals surface area contributed by atoms with Crippen LogP contribution < -0.4 is 5.32 Å². The zero-order valence-corrected chi connectivity index (χ0v) is 16.6. The monoisotopic (exact) mass is 476 g/mol. The molecule has 0 saturated carbocycles. The number of thiazole rings is 1. The van der Waals surface area contributed by atoms with Gasteiger partial charge in [-0.15, -0.1) is 11.3 Å². The van der Waals surface area contributed by atoms with Crippen molar-refractivity contribution in [3.8, 4) is 11.3 Å². The number of carbonyl (C=O) groups excluding carboxylic acids is 1. The van der Waals surface area contributed by atoms with Gasteiger partial charge in [-0.25, -0.2) is 4.98 Å². The van der Waals surface area contributed by atoms with Crippen molar-refractivity contribution in [2.75, 3.05) is 5.32 Å². The van der Waals surface area contributed by atoms with Crippen molar-refractivity contribution in [1.29, 1.82) is 0 Å². The van der Waals surface area contributed by atoms with E-state index in [-0.39, 0.29) is 11.7 Å². The number of carbonyl (C=O) groups is 1. The van der Waals surface area contributed by atoms with E-state index in [4.69, 9.17) is 4.42 Å². The lowest BCUT2D eigenvalue weighted by molar-refractivity contribution is 0.0998. The van der Waals surface area contributed by atoms with Gasteiger partial charge in [-0.2, -0.15) is 0 Å². The van der Waals surface area contributed by atoms with E-state index in [0.29, 0.717) is 10.7 Å². The number of fused-ring (bicyclic) bond motifs is 1. The highest BCUT2D eigenvalue weighted by Gasteiger charge is 2.15. The third kappa shape index (κ3) is 3.53. The van der Waals surface area contributed by atoms with Gasteiger partial charge in [0.15, 0.2) is 10.9 Å². The van der Waals surface area contributed by atoms with Gasteiger partial charge in [0.25, 0.3) is 5.91 Å². The first-order valence-electron chi connectivity index (χ1n) is 7.30. The van der Waals surface area contributed by atoms with Crippen molar-refractivity contribution in [3.63, 3.8) is 0 Å². The first-order chi connectivity index (χ1) is 12.1. The van der Waals surface area contributed by atoms with Crippen molar-refractivity contribution in [2.24, 2.45) is 0 Å². The number of hydrogen-bond acceptors (Lipinski definition) is 4. The zero-order chi connectivity index (χ0) is 17.4. The van der Waals surface area contributed by atoms with Crippen LogP contribution in [-0.2, 0) is 0 Å². The normalized spacial score (nSPS) is 11.0. The Hall–Kier alpha value is -1.96. The average Bonchev–Trinajstić information content (AvgIpc) is 3.22. The molecule has 0 fully saturated rings. The number of anilines is 1. The predicted molar refractivity (Wildman–Crippen MR) is 107 cm³/mol. The number of amides is 1. The maximum absolute atomic E-state index is 12.4. The van der Waals surface area contributed by atoms with E-state index >= 15 is 0 Å². The molecule has 4 aromatic rings. The molecule has 4 nitrogen and oxygen atoms in total. The number of nitrogens with one attached hydrogen (secondary N) is 1. The van der Waals surface area contributed by atoms with Crippen molar-refractivity contribution in [3.05, 3.63) is 68.6 Å². The van der Waals surface area contributed by atoms with Gasteiger partial charge < -0.3 is 4.42 Å². The Bertz CT molecular complexity index is 1070. The lowest BCUT2D eigenvalue weighted by Crippen LogP contribution is -2.10. The van der Waals surface area contributed by atoms with Gasteiger partial charge in [-0.3, -0.25) is 10.1 Å². The molecule has 0 saturated heterocycles. The SMILES string of the molecule is O=C(Nc1nc(-c2ccc(Br)cc2)cs1)c1cc2cc(Br)ccc2o1. The van der Waals surface area contributed by atoms with Gasteiger partial charge in [0.1, 0.15) is 5.58 Å². The molecule has 0 bridgehead atoms. The van der Waals surface area contributed by atoms with E-state index in [1.165, 1.54) is 11.3 Å². The van der Waals surface area contributed by atoms with Gasteiger partial charge >= 0.3 is 0 Å². The Morgan fingerprint density at radius 1 is 1.04 bits per heavy atom. The van der Waals surface area contributed by atoms with Gasteiger partial charge in [0.05, 0.1) is 5.69 Å². The number of benzene rings is 2. The second kappa shape index (κ2) is 6.74. The molecule has 2 heterocycles. The summed E-state index contributed by atoms with van der Waals surface area (Å²) in [5, 5.41) is 6.10. The summed E-state index contributed by atoms with van der Waals surface area (Å²) in [5.74, 6) is -0.0579. The van der Waals surface area contributed by atoms with E-state index in [1.807, 2.05) is 47.8 Å². The first-order valence-corrected chi connectivity index (χ1v) is 9.77. The highest BCUT2D eigenvalue weighted by Crippen LogP contribution is 2.27. The van der Waals surface area contributed by atoms with E-state index in [0.717, 1.165) is 25.6 Å². The largest absolute Gasteiger partial charge is 0.451 e. The van der Waals surface area contributed by atoms with E-state index in [1.54, 1.807) is 6.07 Å². The second-order valence-corrected chi connectivity index (χ2v) is 7.98. The molecule has 0 atom stereocenters. The second-order valence-electron chi connectivity index (χ2n) is 5.29. The molecule has 0 aliphatic carbocycles. The molecular formula is C18H10Br2N2O2S. The fourth-order valence-electron chi connectivity index (χ4n) is 2.37. The van der Waals surface area contributed by atoms with Crippen LogP contribution in [0, 0.1) is 0 Å². The lowest BCUT2D eigenvalue weighted by atomic mass is 10.2. The van der Waals surface area contributed by atoms with Crippen LogP contribution in [0.3, 0.4) is 0 Å². The Morgan fingerprint density at radius 3 is 2.60 bits per heavy atom. The van der Waals surface area contributed by atoms with Gasteiger partial charge in [0, 0.05) is 25.3 Å². The Balaban J connectivity index is 1.55. The highest BCUT2D eigenvalue weighted by atomic mass is 79.9. The third-order valence-electron chi connectivity index (χ3n) is 3.57. The summed E-state index contributed by atoms with van der Waals surface area (Å²) < 4.78 is 7.55. The smallest absolute Gasteiger partial charge is 0.293 e. The summed E-state index contributed by atoms with van der Waals surface area (Å²) in [7, 11) is 0. The maximum atomic E-state index is 12.4. The minimum atomic E-state index is -0.316. The molecule has 1 amide bonds. The van der Waals surface area contributed by atoms with Crippen LogP contribution in [0.15, 0.2) is 67.3 Å². The molecule has 2 aromatic heterocycles. The van der Waals surface area contributed by atoms with Gasteiger partial charge in [-0.05, 0) is 36.4 Å². The molecule has 0 unspecified atom stereocenters. The van der Waals surface area contributed by atoms with Crippen LogP contribution in [0.5, 0.6) is 0 Å². The fourth-order valence-corrected chi connectivity index (χ4v) is 3.73. The summed E-state index contributed by atoms with van der Waals surface area (Å²) in [6.45, 7) is 0. The molecule has 4 rings (SSSR count). The Labute approximate surface area is 164 Å². The van der Waals surface area contributed by atoms with Crippen LogP contribution in [0.1, 0.15) is 10.6 Å². The molecule has 0 aliphatic heterocycles. The summed E-state index contributed by atoms with van der Waals surface area (Å²) >= 11 is 8.20. The summed E-state index contributed by atoms with van der Waals surface area (Å²) in [4.78, 5) is 16.9. The lowest BCUT2D eigenvalue weighted by Gasteiger charge is -1.98. The minimum absolute atomic E-state index is 0.258. The van der Waals surface area contributed by atoms with Crippen molar-refractivity contribution >= 4 is 65.2 Å². The number of aromatic nitrogens is 1. The van der Waals surface area contributed by atoms with E-state index in [2.05, 4.69) is 42.2 Å². The standard InChI is InChI=1S/C18H10Br2N2O2S/c19-12-3-1-10(2-4-12)14-9-25-18(21-14)22-17(23)16-8-11-7-13(20)5-6-15(11)24-16/h1-9H,(H,21,22,23). The molecule has 124 valence electrons. The molecule has 1 N–H and O–H groups in total. The van der Waals surface area contributed by atoms with Crippen LogP contribution in [0.2, 0.25) is 0 Å². The first kappa shape index (κ1) is 16.5. The van der Waals surface area contributed by atoms with Crippen molar-refractivity contribution < 1.29 is 9.21 Å². The average molecular weight is 478 g/mol. The number of nitrogens with zero attached hydrogens (tertiary/aromatic N) is 1. The summed E-state index contributed by atoms with van der Waals surface area (Å²) in [6.07, 6.45) is 0. The predicted octanol–water partition coefficient (Wildman–Crippen LogP) is 6.33.